The molecule has 2 nitrogen and oxygen atoms in total. The third-order valence-electron chi connectivity index (χ3n) is 2.30. The van der Waals surface area contributed by atoms with Crippen molar-refractivity contribution < 1.29 is 18.0 Å². The number of rotatable bonds is 3. The Kier molecular flexibility index (Phi) is 4.15. The first-order chi connectivity index (χ1) is 7.82. The quantitative estimate of drug-likeness (QED) is 0.871. The molecule has 1 amide bonds. The normalized spacial score (nSPS) is 11.6. The predicted octanol–water partition coefficient (Wildman–Crippen LogP) is 2.98. The van der Waals surface area contributed by atoms with Crippen molar-refractivity contribution in [2.75, 3.05) is 0 Å². The zero-order chi connectivity index (χ0) is 13.1. The monoisotopic (exact) mass is 245 g/mol. The first kappa shape index (κ1) is 13.5. The third-order valence-corrected chi connectivity index (χ3v) is 2.30. The second-order valence-electron chi connectivity index (χ2n) is 4.03. The highest BCUT2D eigenvalue weighted by Gasteiger charge is 2.32. The zero-order valence-electron chi connectivity index (χ0n) is 9.64. The van der Waals surface area contributed by atoms with Gasteiger partial charge >= 0.3 is 6.18 Å². The molecule has 0 aromatic heterocycles. The highest BCUT2D eigenvalue weighted by Crippen LogP contribution is 2.31. The second kappa shape index (κ2) is 5.21. The van der Waals surface area contributed by atoms with E-state index < -0.39 is 11.7 Å². The van der Waals surface area contributed by atoms with Crippen molar-refractivity contribution >= 4 is 5.91 Å². The average molecular weight is 245 g/mol. The molecule has 5 heteroatoms. The molecule has 0 aliphatic rings. The minimum Gasteiger partial charge on any atom is -0.352 e. The zero-order valence-corrected chi connectivity index (χ0v) is 9.64. The molecule has 0 fully saturated rings. The van der Waals surface area contributed by atoms with Crippen molar-refractivity contribution in [3.8, 4) is 0 Å². The van der Waals surface area contributed by atoms with Crippen LogP contribution in [0.1, 0.15) is 25.0 Å². The van der Waals surface area contributed by atoms with E-state index in [2.05, 4.69) is 5.32 Å². The molecule has 0 bridgehead atoms. The lowest BCUT2D eigenvalue weighted by Gasteiger charge is -2.13. The van der Waals surface area contributed by atoms with Gasteiger partial charge in [0.15, 0.2) is 0 Å². The van der Waals surface area contributed by atoms with Crippen molar-refractivity contribution in [1.82, 2.24) is 5.32 Å². The number of halogens is 3. The van der Waals surface area contributed by atoms with E-state index in [9.17, 15) is 18.0 Å². The molecule has 1 N–H and O–H groups in total. The van der Waals surface area contributed by atoms with Gasteiger partial charge in [-0.15, -0.1) is 0 Å². The van der Waals surface area contributed by atoms with Crippen LogP contribution in [0.4, 0.5) is 13.2 Å². The Bertz CT molecular complexity index is 399. The standard InChI is InChI=1S/C12H14F3NO/c1-8(2)11(17)16-7-9-5-3-4-6-10(9)12(13,14)15/h3-6,8H,7H2,1-2H3,(H,16,17). The summed E-state index contributed by atoms with van der Waals surface area (Å²) < 4.78 is 37.9. The smallest absolute Gasteiger partial charge is 0.352 e. The van der Waals surface area contributed by atoms with Crippen LogP contribution in [0.5, 0.6) is 0 Å². The Hall–Kier alpha value is -1.52. The lowest BCUT2D eigenvalue weighted by atomic mass is 10.1. The van der Waals surface area contributed by atoms with E-state index in [1.165, 1.54) is 18.2 Å². The highest BCUT2D eigenvalue weighted by atomic mass is 19.4. The van der Waals surface area contributed by atoms with Crippen molar-refractivity contribution in [2.45, 2.75) is 26.6 Å². The van der Waals surface area contributed by atoms with Crippen LogP contribution in [0.15, 0.2) is 24.3 Å². The van der Waals surface area contributed by atoms with Crippen molar-refractivity contribution in [2.24, 2.45) is 5.92 Å². The van der Waals surface area contributed by atoms with Crippen molar-refractivity contribution in [3.63, 3.8) is 0 Å². The average Bonchev–Trinajstić information content (AvgIpc) is 2.24. The van der Waals surface area contributed by atoms with E-state index in [0.29, 0.717) is 0 Å². The molecule has 0 aliphatic heterocycles. The van der Waals surface area contributed by atoms with Crippen LogP contribution >= 0.6 is 0 Å². The summed E-state index contributed by atoms with van der Waals surface area (Å²) in [6, 6.07) is 5.23. The number of hydrogen-bond donors (Lipinski definition) is 1. The Balaban J connectivity index is 2.82. The first-order valence-electron chi connectivity index (χ1n) is 5.25. The molecule has 0 unspecified atom stereocenters. The van der Waals surface area contributed by atoms with Crippen molar-refractivity contribution in [3.05, 3.63) is 35.4 Å². The fraction of sp³-hybridized carbons (Fsp3) is 0.417. The number of alkyl halides is 3. The van der Waals surface area contributed by atoms with Gasteiger partial charge in [0.1, 0.15) is 0 Å². The lowest BCUT2D eigenvalue weighted by molar-refractivity contribution is -0.138. The molecule has 1 aromatic rings. The van der Waals surface area contributed by atoms with E-state index >= 15 is 0 Å². The van der Waals surface area contributed by atoms with Gasteiger partial charge in [0.2, 0.25) is 5.91 Å². The van der Waals surface area contributed by atoms with Crippen LogP contribution in [-0.4, -0.2) is 5.91 Å². The Morgan fingerprint density at radius 1 is 1.29 bits per heavy atom. The largest absolute Gasteiger partial charge is 0.416 e. The number of nitrogens with one attached hydrogen (secondary N) is 1. The van der Waals surface area contributed by atoms with Crippen LogP contribution < -0.4 is 5.32 Å². The van der Waals surface area contributed by atoms with Crippen LogP contribution in [0.2, 0.25) is 0 Å². The van der Waals surface area contributed by atoms with Crippen molar-refractivity contribution in [1.29, 1.82) is 0 Å². The number of carbonyl (C=O) groups excluding carboxylic acids is 1. The number of benzene rings is 1. The van der Waals surface area contributed by atoms with Gasteiger partial charge in [0.25, 0.3) is 0 Å². The minimum atomic E-state index is -4.39. The van der Waals surface area contributed by atoms with E-state index in [4.69, 9.17) is 0 Å². The molecular formula is C12H14F3NO. The van der Waals surface area contributed by atoms with Gasteiger partial charge in [-0.3, -0.25) is 4.79 Å². The summed E-state index contributed by atoms with van der Waals surface area (Å²) in [6.07, 6.45) is -4.39. The highest BCUT2D eigenvalue weighted by molar-refractivity contribution is 5.77. The van der Waals surface area contributed by atoms with Crippen LogP contribution in [0.25, 0.3) is 0 Å². The van der Waals surface area contributed by atoms with Crippen LogP contribution in [0.3, 0.4) is 0 Å². The fourth-order valence-corrected chi connectivity index (χ4v) is 1.34. The van der Waals surface area contributed by atoms with Gasteiger partial charge in [-0.25, -0.2) is 0 Å². The Morgan fingerprint density at radius 3 is 2.41 bits per heavy atom. The summed E-state index contributed by atoms with van der Waals surface area (Å²) in [5, 5.41) is 2.47. The Morgan fingerprint density at radius 2 is 1.88 bits per heavy atom. The van der Waals surface area contributed by atoms with Crippen LogP contribution in [0, 0.1) is 5.92 Å². The summed E-state index contributed by atoms with van der Waals surface area (Å²) in [5.74, 6) is -0.505. The van der Waals surface area contributed by atoms with E-state index in [1.807, 2.05) is 0 Å². The molecule has 0 saturated carbocycles. The van der Waals surface area contributed by atoms with Gasteiger partial charge < -0.3 is 5.32 Å². The maximum atomic E-state index is 12.6. The van der Waals surface area contributed by atoms with Gasteiger partial charge in [-0.1, -0.05) is 32.0 Å². The summed E-state index contributed by atoms with van der Waals surface area (Å²) in [7, 11) is 0. The maximum Gasteiger partial charge on any atom is 0.416 e. The molecule has 0 radical (unpaired) electrons. The van der Waals surface area contributed by atoms with Gasteiger partial charge in [0, 0.05) is 12.5 Å². The molecular weight excluding hydrogens is 231 g/mol. The predicted molar refractivity (Wildman–Crippen MR) is 58.1 cm³/mol. The lowest BCUT2D eigenvalue weighted by Crippen LogP contribution is -2.28. The molecule has 1 rings (SSSR count). The summed E-state index contributed by atoms with van der Waals surface area (Å²) in [6.45, 7) is 3.27. The third kappa shape index (κ3) is 3.76. The van der Waals surface area contributed by atoms with E-state index in [-0.39, 0.29) is 23.9 Å². The van der Waals surface area contributed by atoms with Gasteiger partial charge in [-0.2, -0.15) is 13.2 Å². The van der Waals surface area contributed by atoms with E-state index in [0.717, 1.165) is 6.07 Å². The van der Waals surface area contributed by atoms with Crippen LogP contribution in [-0.2, 0) is 17.5 Å². The molecule has 0 heterocycles. The maximum absolute atomic E-state index is 12.6. The minimum absolute atomic E-state index is 0.0778. The second-order valence-corrected chi connectivity index (χ2v) is 4.03. The number of amides is 1. The number of carbonyl (C=O) groups is 1. The molecule has 1 aromatic carbocycles. The molecule has 94 valence electrons. The van der Waals surface area contributed by atoms with Gasteiger partial charge in [-0.05, 0) is 11.6 Å². The molecule has 0 atom stereocenters. The molecule has 17 heavy (non-hydrogen) atoms. The topological polar surface area (TPSA) is 29.1 Å². The molecule has 0 saturated heterocycles. The van der Waals surface area contributed by atoms with E-state index in [1.54, 1.807) is 13.8 Å². The molecule has 0 aliphatic carbocycles. The Labute approximate surface area is 97.8 Å². The summed E-state index contributed by atoms with van der Waals surface area (Å²) in [5.41, 5.74) is -0.627. The SMILES string of the molecule is CC(C)C(=O)NCc1ccccc1C(F)(F)F. The molecule has 0 spiro atoms. The number of hydrogen-bond acceptors (Lipinski definition) is 1. The first-order valence-corrected chi connectivity index (χ1v) is 5.25. The fourth-order valence-electron chi connectivity index (χ4n) is 1.34. The summed E-state index contributed by atoms with van der Waals surface area (Å²) >= 11 is 0. The summed E-state index contributed by atoms with van der Waals surface area (Å²) in [4.78, 5) is 11.3. The van der Waals surface area contributed by atoms with Gasteiger partial charge in [0.05, 0.1) is 5.56 Å².